The molecule has 0 spiro atoms. The zero-order valence-corrected chi connectivity index (χ0v) is 14.0. The van der Waals surface area contributed by atoms with Crippen LogP contribution in [-0.2, 0) is 0 Å². The molecule has 3 aromatic rings. The van der Waals surface area contributed by atoms with Gasteiger partial charge in [-0.2, -0.15) is 0 Å². The molecule has 2 amide bonds. The number of halogens is 4. The zero-order chi connectivity index (χ0) is 20.3. The van der Waals surface area contributed by atoms with E-state index in [1.807, 2.05) is 0 Å². The lowest BCUT2D eigenvalue weighted by molar-refractivity contribution is 0.101. The maximum absolute atomic E-state index is 13.2. The molecule has 0 saturated heterocycles. The fraction of sp³-hybridized carbons (Fsp3) is 0. The molecule has 2 aromatic carbocycles. The highest BCUT2D eigenvalue weighted by molar-refractivity contribution is 6.06. The molecule has 2 N–H and O–H groups in total. The molecule has 5 nitrogen and oxygen atoms in total. The molecule has 3 rings (SSSR count). The van der Waals surface area contributed by atoms with Crippen LogP contribution in [0.15, 0.2) is 54.6 Å². The third-order valence-corrected chi connectivity index (χ3v) is 3.57. The van der Waals surface area contributed by atoms with Gasteiger partial charge in [0.1, 0.15) is 11.4 Å². The third kappa shape index (κ3) is 4.32. The third-order valence-electron chi connectivity index (χ3n) is 3.57. The molecule has 0 aliphatic heterocycles. The Bertz CT molecular complexity index is 992. The summed E-state index contributed by atoms with van der Waals surface area (Å²) in [7, 11) is 0. The summed E-state index contributed by atoms with van der Waals surface area (Å²) in [6, 6.07) is 9.63. The number of carbonyl (C=O) groups is 2. The van der Waals surface area contributed by atoms with Crippen LogP contribution in [-0.4, -0.2) is 16.8 Å². The quantitative estimate of drug-likeness (QED) is 0.659. The van der Waals surface area contributed by atoms with E-state index in [9.17, 15) is 27.2 Å². The Balaban J connectivity index is 1.75. The topological polar surface area (TPSA) is 71.1 Å². The van der Waals surface area contributed by atoms with Crippen molar-refractivity contribution >= 4 is 23.2 Å². The molecule has 0 radical (unpaired) electrons. The lowest BCUT2D eigenvalue weighted by atomic mass is 10.2. The van der Waals surface area contributed by atoms with Gasteiger partial charge in [0.2, 0.25) is 0 Å². The van der Waals surface area contributed by atoms with E-state index in [0.29, 0.717) is 0 Å². The fourth-order valence-corrected chi connectivity index (χ4v) is 2.23. The van der Waals surface area contributed by atoms with Gasteiger partial charge in [0.15, 0.2) is 23.3 Å². The average molecular weight is 389 g/mol. The number of rotatable bonds is 4. The number of anilines is 2. The highest BCUT2D eigenvalue weighted by atomic mass is 19.2. The van der Waals surface area contributed by atoms with Crippen molar-refractivity contribution in [2.45, 2.75) is 0 Å². The van der Waals surface area contributed by atoms with Crippen molar-refractivity contribution in [3.63, 3.8) is 0 Å². The van der Waals surface area contributed by atoms with Crippen LogP contribution in [0.4, 0.5) is 28.9 Å². The Labute approximate surface area is 156 Å². The molecule has 1 aromatic heterocycles. The number of aromatic nitrogens is 1. The normalized spacial score (nSPS) is 10.4. The van der Waals surface area contributed by atoms with Crippen molar-refractivity contribution in [2.24, 2.45) is 0 Å². The van der Waals surface area contributed by atoms with Gasteiger partial charge in [0, 0.05) is 23.5 Å². The minimum Gasteiger partial charge on any atom is -0.321 e. The first kappa shape index (κ1) is 19.0. The molecule has 28 heavy (non-hydrogen) atoms. The number of pyridine rings is 1. The van der Waals surface area contributed by atoms with Gasteiger partial charge in [-0.15, -0.1) is 0 Å². The van der Waals surface area contributed by atoms with Crippen molar-refractivity contribution < 1.29 is 27.2 Å². The molecule has 0 aliphatic carbocycles. The molecule has 0 atom stereocenters. The first-order valence-corrected chi connectivity index (χ1v) is 7.83. The van der Waals surface area contributed by atoms with E-state index in [4.69, 9.17) is 0 Å². The largest absolute Gasteiger partial charge is 0.321 e. The van der Waals surface area contributed by atoms with Gasteiger partial charge in [-0.1, -0.05) is 6.07 Å². The molecule has 1 heterocycles. The van der Waals surface area contributed by atoms with Crippen molar-refractivity contribution in [2.75, 3.05) is 10.6 Å². The van der Waals surface area contributed by atoms with Crippen LogP contribution < -0.4 is 10.6 Å². The molecule has 0 fully saturated rings. The van der Waals surface area contributed by atoms with E-state index in [-0.39, 0.29) is 22.8 Å². The number of benzene rings is 2. The minimum absolute atomic E-state index is 0.00217. The number of carbonyl (C=O) groups excluding carboxylic acids is 2. The molecular weight excluding hydrogens is 378 g/mol. The van der Waals surface area contributed by atoms with Crippen LogP contribution >= 0.6 is 0 Å². The summed E-state index contributed by atoms with van der Waals surface area (Å²) < 4.78 is 52.3. The fourth-order valence-electron chi connectivity index (χ4n) is 2.23. The summed E-state index contributed by atoms with van der Waals surface area (Å²) in [6.45, 7) is 0. The van der Waals surface area contributed by atoms with E-state index in [1.54, 1.807) is 0 Å². The Kier molecular flexibility index (Phi) is 5.35. The van der Waals surface area contributed by atoms with Gasteiger partial charge in [-0.05, 0) is 36.4 Å². The van der Waals surface area contributed by atoms with Crippen LogP contribution in [0.1, 0.15) is 21.0 Å². The van der Waals surface area contributed by atoms with Gasteiger partial charge in [-0.3, -0.25) is 9.59 Å². The van der Waals surface area contributed by atoms with Gasteiger partial charge < -0.3 is 10.6 Å². The van der Waals surface area contributed by atoms with Crippen LogP contribution in [0.25, 0.3) is 0 Å². The second-order valence-electron chi connectivity index (χ2n) is 5.57. The predicted octanol–water partition coefficient (Wildman–Crippen LogP) is 4.14. The summed E-state index contributed by atoms with van der Waals surface area (Å²) in [6.07, 6.45) is 0. The highest BCUT2D eigenvalue weighted by Gasteiger charge is 2.14. The molecule has 0 aliphatic rings. The lowest BCUT2D eigenvalue weighted by Crippen LogP contribution is -2.18. The molecule has 9 heteroatoms. The second-order valence-corrected chi connectivity index (χ2v) is 5.57. The van der Waals surface area contributed by atoms with E-state index in [1.165, 1.54) is 18.2 Å². The van der Waals surface area contributed by atoms with E-state index in [2.05, 4.69) is 15.6 Å². The molecule has 0 saturated carbocycles. The number of amides is 2. The summed E-state index contributed by atoms with van der Waals surface area (Å²) in [4.78, 5) is 28.3. The molecular formula is C19H11F4N3O2. The maximum atomic E-state index is 13.2. The zero-order valence-electron chi connectivity index (χ0n) is 14.0. The number of nitrogens with one attached hydrogen (secondary N) is 2. The predicted molar refractivity (Wildman–Crippen MR) is 92.9 cm³/mol. The Morgan fingerprint density at radius 3 is 1.46 bits per heavy atom. The minimum atomic E-state index is -1.13. The average Bonchev–Trinajstić information content (AvgIpc) is 2.67. The number of nitrogens with zero attached hydrogens (tertiary/aromatic N) is 1. The SMILES string of the molecule is O=C(Nc1ccc(F)c(F)c1)c1cccc(C(=O)Nc2ccc(F)c(F)c2)n1. The molecule has 0 bridgehead atoms. The van der Waals surface area contributed by atoms with Crippen LogP contribution in [0, 0.1) is 23.3 Å². The summed E-state index contributed by atoms with van der Waals surface area (Å²) >= 11 is 0. The van der Waals surface area contributed by atoms with Crippen molar-refractivity contribution in [1.29, 1.82) is 0 Å². The Hall–Kier alpha value is -3.75. The van der Waals surface area contributed by atoms with Crippen molar-refractivity contribution in [3.8, 4) is 0 Å². The first-order chi connectivity index (χ1) is 13.3. The number of hydrogen-bond donors (Lipinski definition) is 2. The monoisotopic (exact) mass is 389 g/mol. The highest BCUT2D eigenvalue weighted by Crippen LogP contribution is 2.16. The summed E-state index contributed by atoms with van der Waals surface area (Å²) in [5.74, 6) is -5.91. The summed E-state index contributed by atoms with van der Waals surface area (Å²) in [5.41, 5.74) is -0.324. The first-order valence-electron chi connectivity index (χ1n) is 7.83. The van der Waals surface area contributed by atoms with Crippen LogP contribution in [0.2, 0.25) is 0 Å². The maximum Gasteiger partial charge on any atom is 0.274 e. The van der Waals surface area contributed by atoms with E-state index in [0.717, 1.165) is 36.4 Å². The lowest BCUT2D eigenvalue weighted by Gasteiger charge is -2.08. The van der Waals surface area contributed by atoms with Crippen LogP contribution in [0.5, 0.6) is 0 Å². The number of hydrogen-bond acceptors (Lipinski definition) is 3. The second kappa shape index (κ2) is 7.87. The van der Waals surface area contributed by atoms with Crippen molar-refractivity contribution in [1.82, 2.24) is 4.98 Å². The Morgan fingerprint density at radius 1 is 0.643 bits per heavy atom. The molecule has 0 unspecified atom stereocenters. The standard InChI is InChI=1S/C19H11F4N3O2/c20-12-6-4-10(8-14(12)22)24-18(27)16-2-1-3-17(26-16)19(28)25-11-5-7-13(21)15(23)9-11/h1-9H,(H,24,27)(H,25,28). The smallest absolute Gasteiger partial charge is 0.274 e. The van der Waals surface area contributed by atoms with E-state index < -0.39 is 35.1 Å². The van der Waals surface area contributed by atoms with Gasteiger partial charge in [0.05, 0.1) is 0 Å². The Morgan fingerprint density at radius 2 is 1.07 bits per heavy atom. The van der Waals surface area contributed by atoms with Crippen molar-refractivity contribution in [3.05, 3.63) is 89.3 Å². The van der Waals surface area contributed by atoms with Gasteiger partial charge in [-0.25, -0.2) is 22.5 Å². The van der Waals surface area contributed by atoms with Gasteiger partial charge >= 0.3 is 0 Å². The molecule has 142 valence electrons. The van der Waals surface area contributed by atoms with E-state index >= 15 is 0 Å². The van der Waals surface area contributed by atoms with Gasteiger partial charge in [0.25, 0.3) is 11.8 Å². The summed E-state index contributed by atoms with van der Waals surface area (Å²) in [5, 5.41) is 4.65. The van der Waals surface area contributed by atoms with Crippen LogP contribution in [0.3, 0.4) is 0 Å².